The minimum absolute atomic E-state index is 0.273. The monoisotopic (exact) mass is 593 g/mol. The summed E-state index contributed by atoms with van der Waals surface area (Å²) in [6.45, 7) is 5.27. The van der Waals surface area contributed by atoms with E-state index in [1.54, 1.807) is 18.3 Å². The number of nitrogens with zero attached hydrogens (tertiary/aromatic N) is 5. The number of morpholine rings is 1. The van der Waals surface area contributed by atoms with Crippen molar-refractivity contribution in [3.05, 3.63) is 87.9 Å². The van der Waals surface area contributed by atoms with Crippen molar-refractivity contribution in [1.82, 2.24) is 15.0 Å². The van der Waals surface area contributed by atoms with Gasteiger partial charge in [-0.3, -0.25) is 0 Å². The average Bonchev–Trinajstić information content (AvgIpc) is 2.98. The van der Waals surface area contributed by atoms with Crippen LogP contribution in [0.25, 0.3) is 0 Å². The maximum Gasteiger partial charge on any atom is 0.250 e. The van der Waals surface area contributed by atoms with E-state index < -0.39 is 0 Å². The summed E-state index contributed by atoms with van der Waals surface area (Å²) in [6.07, 6.45) is 1.66. The molecule has 0 saturated carbocycles. The van der Waals surface area contributed by atoms with Gasteiger partial charge in [0.25, 0.3) is 0 Å². The minimum Gasteiger partial charge on any atom is -0.490 e. The van der Waals surface area contributed by atoms with Gasteiger partial charge in [-0.1, -0.05) is 47.5 Å². The Morgan fingerprint density at radius 2 is 1.73 bits per heavy atom. The molecule has 2 heterocycles. The van der Waals surface area contributed by atoms with Crippen LogP contribution in [0.1, 0.15) is 18.1 Å². The molecule has 41 heavy (non-hydrogen) atoms. The fourth-order valence-corrected chi connectivity index (χ4v) is 4.44. The summed E-state index contributed by atoms with van der Waals surface area (Å²) in [7, 11) is 0. The largest absolute Gasteiger partial charge is 0.490 e. The molecule has 1 aliphatic rings. The molecule has 1 saturated heterocycles. The molecule has 0 spiro atoms. The topological polar surface area (TPSA) is 106 Å². The Labute approximate surface area is 248 Å². The molecule has 1 aliphatic heterocycles. The molecule has 4 aromatic rings. The van der Waals surface area contributed by atoms with Crippen LogP contribution in [0.4, 0.5) is 23.5 Å². The molecule has 10 nitrogen and oxygen atoms in total. The van der Waals surface area contributed by atoms with Crippen LogP contribution >= 0.6 is 23.2 Å². The molecule has 5 rings (SSSR count). The molecular formula is C29H29Cl2N7O3. The summed E-state index contributed by atoms with van der Waals surface area (Å²) in [5.74, 6) is 2.44. The molecule has 12 heteroatoms. The summed E-state index contributed by atoms with van der Waals surface area (Å²) in [4.78, 5) is 15.7. The number of anilines is 4. The van der Waals surface area contributed by atoms with Crippen LogP contribution in [0.2, 0.25) is 10.0 Å². The lowest BCUT2D eigenvalue weighted by atomic mass is 10.2. The highest BCUT2D eigenvalue weighted by molar-refractivity contribution is 6.35. The van der Waals surface area contributed by atoms with Crippen LogP contribution in [-0.2, 0) is 11.3 Å². The van der Waals surface area contributed by atoms with Crippen LogP contribution < -0.4 is 25.1 Å². The van der Waals surface area contributed by atoms with E-state index >= 15 is 0 Å². The van der Waals surface area contributed by atoms with E-state index in [2.05, 4.69) is 35.7 Å². The molecule has 0 unspecified atom stereocenters. The van der Waals surface area contributed by atoms with Crippen molar-refractivity contribution in [2.24, 2.45) is 5.10 Å². The number of hydrogen-bond donors (Lipinski definition) is 2. The summed E-state index contributed by atoms with van der Waals surface area (Å²) in [5.41, 5.74) is 5.42. The highest BCUT2D eigenvalue weighted by Crippen LogP contribution is 2.30. The number of hydrogen-bond acceptors (Lipinski definition) is 10. The summed E-state index contributed by atoms with van der Waals surface area (Å²) < 4.78 is 17.3. The highest BCUT2D eigenvalue weighted by Gasteiger charge is 2.17. The Morgan fingerprint density at radius 3 is 2.51 bits per heavy atom. The van der Waals surface area contributed by atoms with Gasteiger partial charge in [0.15, 0.2) is 11.5 Å². The van der Waals surface area contributed by atoms with Crippen molar-refractivity contribution in [2.45, 2.75) is 13.5 Å². The van der Waals surface area contributed by atoms with Gasteiger partial charge in [0, 0.05) is 34.4 Å². The Bertz CT molecular complexity index is 1480. The van der Waals surface area contributed by atoms with Gasteiger partial charge in [0.2, 0.25) is 17.8 Å². The second kappa shape index (κ2) is 14.0. The third-order valence-electron chi connectivity index (χ3n) is 5.99. The van der Waals surface area contributed by atoms with Crippen LogP contribution in [0.3, 0.4) is 0 Å². The van der Waals surface area contributed by atoms with E-state index in [0.717, 1.165) is 16.8 Å². The van der Waals surface area contributed by atoms with Crippen molar-refractivity contribution in [3.63, 3.8) is 0 Å². The van der Waals surface area contributed by atoms with Gasteiger partial charge in [0.05, 0.1) is 26.0 Å². The van der Waals surface area contributed by atoms with Gasteiger partial charge in [-0.2, -0.15) is 20.1 Å². The lowest BCUT2D eigenvalue weighted by Crippen LogP contribution is -2.37. The number of ether oxygens (including phenoxy) is 3. The van der Waals surface area contributed by atoms with Crippen molar-refractivity contribution < 1.29 is 14.2 Å². The Balaban J connectivity index is 1.30. The zero-order chi connectivity index (χ0) is 28.4. The maximum atomic E-state index is 6.29. The normalized spacial score (nSPS) is 13.3. The van der Waals surface area contributed by atoms with Crippen molar-refractivity contribution >= 4 is 52.9 Å². The molecule has 2 N–H and O–H groups in total. The molecular weight excluding hydrogens is 565 g/mol. The first-order valence-corrected chi connectivity index (χ1v) is 13.9. The van der Waals surface area contributed by atoms with Crippen molar-refractivity contribution in [1.29, 1.82) is 0 Å². The molecule has 212 valence electrons. The molecule has 1 fully saturated rings. The zero-order valence-corrected chi connectivity index (χ0v) is 23.9. The Morgan fingerprint density at radius 1 is 0.927 bits per heavy atom. The molecule has 0 aliphatic carbocycles. The molecule has 0 radical (unpaired) electrons. The van der Waals surface area contributed by atoms with E-state index in [-0.39, 0.29) is 6.61 Å². The minimum atomic E-state index is 0.273. The molecule has 1 aromatic heterocycles. The number of aromatic nitrogens is 3. The quantitative estimate of drug-likeness (QED) is 0.156. The van der Waals surface area contributed by atoms with E-state index in [9.17, 15) is 0 Å². The van der Waals surface area contributed by atoms with Gasteiger partial charge in [-0.15, -0.1) is 0 Å². The second-order valence-corrected chi connectivity index (χ2v) is 9.75. The number of rotatable bonds is 11. The van der Waals surface area contributed by atoms with E-state index in [0.29, 0.717) is 72.3 Å². The average molecular weight is 595 g/mol. The standard InChI is InChI=1S/C29H29Cl2N7O3/c1-2-40-26-16-20(8-11-25(26)41-19-21-9-10-22(30)17-24(21)31)18-32-37-28-34-27(33-23-6-4-3-5-7-23)35-29(36-28)38-12-14-39-15-13-38/h3-11,16-18H,2,12-15,19H2,1H3,(H2,33,34,35,36,37). The zero-order valence-electron chi connectivity index (χ0n) is 22.4. The first kappa shape index (κ1) is 28.4. The van der Waals surface area contributed by atoms with Gasteiger partial charge in [-0.25, -0.2) is 5.43 Å². The van der Waals surface area contributed by atoms with E-state index in [1.807, 2.05) is 61.5 Å². The highest BCUT2D eigenvalue weighted by atomic mass is 35.5. The fraction of sp³-hybridized carbons (Fsp3) is 0.241. The van der Waals surface area contributed by atoms with E-state index in [4.69, 9.17) is 37.4 Å². The molecule has 3 aromatic carbocycles. The van der Waals surface area contributed by atoms with Crippen LogP contribution in [0.15, 0.2) is 71.8 Å². The van der Waals surface area contributed by atoms with Crippen molar-refractivity contribution in [3.8, 4) is 11.5 Å². The number of hydrazone groups is 1. The third kappa shape index (κ3) is 7.97. The molecule has 0 amide bonds. The smallest absolute Gasteiger partial charge is 0.250 e. The predicted octanol–water partition coefficient (Wildman–Crippen LogP) is 6.18. The van der Waals surface area contributed by atoms with Crippen molar-refractivity contribution in [2.75, 3.05) is 48.6 Å². The molecule has 0 atom stereocenters. The summed E-state index contributed by atoms with van der Waals surface area (Å²) in [5, 5.41) is 8.72. The lowest BCUT2D eigenvalue weighted by Gasteiger charge is -2.27. The predicted molar refractivity (Wildman–Crippen MR) is 162 cm³/mol. The third-order valence-corrected chi connectivity index (χ3v) is 6.58. The molecule has 0 bridgehead atoms. The van der Waals surface area contributed by atoms with Gasteiger partial charge >= 0.3 is 0 Å². The van der Waals surface area contributed by atoms with Crippen LogP contribution in [0.5, 0.6) is 11.5 Å². The first-order valence-electron chi connectivity index (χ1n) is 13.1. The summed E-state index contributed by atoms with van der Waals surface area (Å²) in [6, 6.07) is 20.6. The first-order chi connectivity index (χ1) is 20.1. The van der Waals surface area contributed by atoms with Gasteiger partial charge < -0.3 is 24.4 Å². The second-order valence-electron chi connectivity index (χ2n) is 8.91. The lowest BCUT2D eigenvalue weighted by molar-refractivity contribution is 0.122. The number of nitrogens with one attached hydrogen (secondary N) is 2. The van der Waals surface area contributed by atoms with Crippen LogP contribution in [-0.4, -0.2) is 54.1 Å². The van der Waals surface area contributed by atoms with Gasteiger partial charge in [-0.05, 0) is 55.0 Å². The van der Waals surface area contributed by atoms with Gasteiger partial charge in [0.1, 0.15) is 6.61 Å². The summed E-state index contributed by atoms with van der Waals surface area (Å²) >= 11 is 12.3. The fourth-order valence-electron chi connectivity index (χ4n) is 3.98. The number of para-hydroxylation sites is 1. The number of halogens is 2. The Kier molecular flexibility index (Phi) is 9.69. The maximum absolute atomic E-state index is 6.29. The Hall–Kier alpha value is -4.12. The SMILES string of the molecule is CCOc1cc(C=NNc2nc(Nc3ccccc3)nc(N3CCOCC3)n2)ccc1OCc1ccc(Cl)cc1Cl. The van der Waals surface area contributed by atoms with E-state index in [1.165, 1.54) is 0 Å². The van der Waals surface area contributed by atoms with Crippen LogP contribution in [0, 0.1) is 0 Å². The number of benzene rings is 3.